The highest BCUT2D eigenvalue weighted by Crippen LogP contribution is 2.44. The molecular formula is C14H29N. The van der Waals surface area contributed by atoms with Crippen LogP contribution in [0.15, 0.2) is 0 Å². The Kier molecular flexibility index (Phi) is 4.64. The fraction of sp³-hybridized carbons (Fsp3) is 1.00. The molecule has 1 saturated carbocycles. The first-order chi connectivity index (χ1) is 6.95. The zero-order valence-electron chi connectivity index (χ0n) is 11.3. The normalized spacial score (nSPS) is 33.0. The first-order valence-corrected chi connectivity index (χ1v) is 6.60. The van der Waals surface area contributed by atoms with Gasteiger partial charge in [0, 0.05) is 0 Å². The van der Waals surface area contributed by atoms with Crippen LogP contribution < -0.4 is 5.32 Å². The third kappa shape index (κ3) is 3.79. The molecule has 0 saturated heterocycles. The summed E-state index contributed by atoms with van der Waals surface area (Å²) in [5, 5.41) is 3.29. The highest BCUT2D eigenvalue weighted by molar-refractivity contribution is 4.85. The molecule has 90 valence electrons. The van der Waals surface area contributed by atoms with Crippen molar-refractivity contribution in [3.05, 3.63) is 0 Å². The summed E-state index contributed by atoms with van der Waals surface area (Å²) in [6.07, 6.45) is 5.65. The van der Waals surface area contributed by atoms with Gasteiger partial charge in [-0.05, 0) is 62.4 Å². The molecule has 0 aromatic heterocycles. The Morgan fingerprint density at radius 2 is 1.60 bits per heavy atom. The van der Waals surface area contributed by atoms with E-state index >= 15 is 0 Å². The molecular weight excluding hydrogens is 182 g/mol. The molecule has 0 heterocycles. The monoisotopic (exact) mass is 211 g/mol. The van der Waals surface area contributed by atoms with Gasteiger partial charge >= 0.3 is 0 Å². The molecule has 0 spiro atoms. The van der Waals surface area contributed by atoms with Crippen molar-refractivity contribution in [2.75, 3.05) is 13.6 Å². The van der Waals surface area contributed by atoms with Gasteiger partial charge in [-0.1, -0.05) is 27.7 Å². The molecule has 0 aromatic carbocycles. The van der Waals surface area contributed by atoms with Crippen LogP contribution in [0.2, 0.25) is 0 Å². The molecule has 0 aliphatic heterocycles. The molecule has 1 rings (SSSR count). The van der Waals surface area contributed by atoms with Gasteiger partial charge in [0.25, 0.3) is 0 Å². The van der Waals surface area contributed by atoms with Crippen LogP contribution in [0, 0.1) is 23.2 Å². The fourth-order valence-electron chi connectivity index (χ4n) is 3.24. The molecule has 1 nitrogen and oxygen atoms in total. The van der Waals surface area contributed by atoms with E-state index in [-0.39, 0.29) is 0 Å². The van der Waals surface area contributed by atoms with Gasteiger partial charge in [0.15, 0.2) is 0 Å². The highest BCUT2D eigenvalue weighted by atomic mass is 14.8. The Labute approximate surface area is 96.0 Å². The van der Waals surface area contributed by atoms with Crippen molar-refractivity contribution in [3.8, 4) is 0 Å². The average Bonchev–Trinajstić information content (AvgIpc) is 2.13. The van der Waals surface area contributed by atoms with E-state index in [2.05, 4.69) is 40.1 Å². The maximum absolute atomic E-state index is 3.29. The molecule has 15 heavy (non-hydrogen) atoms. The van der Waals surface area contributed by atoms with Crippen LogP contribution in [0.3, 0.4) is 0 Å². The Balaban J connectivity index is 2.52. The van der Waals surface area contributed by atoms with Crippen LogP contribution in [0.4, 0.5) is 0 Å². The molecule has 1 aliphatic carbocycles. The third-order valence-corrected chi connectivity index (χ3v) is 4.30. The van der Waals surface area contributed by atoms with Crippen molar-refractivity contribution in [1.29, 1.82) is 0 Å². The topological polar surface area (TPSA) is 12.0 Å². The van der Waals surface area contributed by atoms with E-state index in [1.54, 1.807) is 0 Å². The van der Waals surface area contributed by atoms with E-state index in [1.807, 2.05) is 0 Å². The summed E-state index contributed by atoms with van der Waals surface area (Å²) in [4.78, 5) is 0. The summed E-state index contributed by atoms with van der Waals surface area (Å²) >= 11 is 0. The molecule has 2 atom stereocenters. The molecule has 1 heteroatoms. The molecule has 0 aromatic rings. The second-order valence-electron chi connectivity index (χ2n) is 6.46. The SMILES string of the molecule is CNCCC(C)(C)C1CC(C)CC(C)C1. The van der Waals surface area contributed by atoms with Crippen molar-refractivity contribution in [2.24, 2.45) is 23.2 Å². The first kappa shape index (κ1) is 13.0. The summed E-state index contributed by atoms with van der Waals surface area (Å²) in [7, 11) is 2.06. The summed E-state index contributed by atoms with van der Waals surface area (Å²) in [6, 6.07) is 0. The number of hydrogen-bond donors (Lipinski definition) is 1. The molecule has 1 N–H and O–H groups in total. The van der Waals surface area contributed by atoms with Gasteiger partial charge in [0.05, 0.1) is 0 Å². The lowest BCUT2D eigenvalue weighted by Crippen LogP contribution is -2.33. The van der Waals surface area contributed by atoms with Gasteiger partial charge in [0.2, 0.25) is 0 Å². The largest absolute Gasteiger partial charge is 0.320 e. The molecule has 1 aliphatic rings. The Morgan fingerprint density at radius 3 is 2.07 bits per heavy atom. The van der Waals surface area contributed by atoms with Gasteiger partial charge in [-0.15, -0.1) is 0 Å². The zero-order valence-corrected chi connectivity index (χ0v) is 11.3. The van der Waals surface area contributed by atoms with Gasteiger partial charge in [0.1, 0.15) is 0 Å². The van der Waals surface area contributed by atoms with Gasteiger partial charge in [-0.2, -0.15) is 0 Å². The van der Waals surface area contributed by atoms with E-state index in [4.69, 9.17) is 0 Å². The van der Waals surface area contributed by atoms with Crippen LogP contribution in [0.1, 0.15) is 53.4 Å². The van der Waals surface area contributed by atoms with Crippen LogP contribution in [-0.4, -0.2) is 13.6 Å². The smallest absolute Gasteiger partial charge is 0.00467 e. The Bertz CT molecular complexity index is 176. The predicted octanol–water partition coefficient (Wildman–Crippen LogP) is 3.69. The van der Waals surface area contributed by atoms with Crippen LogP contribution in [0.5, 0.6) is 0 Å². The van der Waals surface area contributed by atoms with Gasteiger partial charge in [-0.25, -0.2) is 0 Å². The molecule has 2 unspecified atom stereocenters. The van der Waals surface area contributed by atoms with Crippen molar-refractivity contribution < 1.29 is 0 Å². The summed E-state index contributed by atoms with van der Waals surface area (Å²) < 4.78 is 0. The summed E-state index contributed by atoms with van der Waals surface area (Å²) in [5.41, 5.74) is 0.520. The standard InChI is InChI=1S/C14H29N/c1-11-8-12(2)10-13(9-11)14(3,4)6-7-15-5/h11-13,15H,6-10H2,1-5H3. The van der Waals surface area contributed by atoms with Crippen molar-refractivity contribution in [2.45, 2.75) is 53.4 Å². The van der Waals surface area contributed by atoms with Gasteiger partial charge in [-0.3, -0.25) is 0 Å². The van der Waals surface area contributed by atoms with Crippen LogP contribution in [0.25, 0.3) is 0 Å². The minimum atomic E-state index is 0.520. The number of hydrogen-bond acceptors (Lipinski definition) is 1. The Hall–Kier alpha value is -0.0400. The quantitative estimate of drug-likeness (QED) is 0.748. The van der Waals surface area contributed by atoms with E-state index in [0.717, 1.165) is 24.3 Å². The van der Waals surface area contributed by atoms with Crippen molar-refractivity contribution >= 4 is 0 Å². The van der Waals surface area contributed by atoms with Crippen molar-refractivity contribution in [1.82, 2.24) is 5.32 Å². The van der Waals surface area contributed by atoms with Crippen molar-refractivity contribution in [3.63, 3.8) is 0 Å². The third-order valence-electron chi connectivity index (χ3n) is 4.30. The summed E-state index contributed by atoms with van der Waals surface area (Å²) in [5.74, 6) is 2.81. The summed E-state index contributed by atoms with van der Waals surface area (Å²) in [6.45, 7) is 10.9. The average molecular weight is 211 g/mol. The second kappa shape index (κ2) is 5.34. The molecule has 0 amide bonds. The first-order valence-electron chi connectivity index (χ1n) is 6.60. The minimum Gasteiger partial charge on any atom is -0.320 e. The predicted molar refractivity (Wildman–Crippen MR) is 68.0 cm³/mol. The van der Waals surface area contributed by atoms with Crippen LogP contribution in [-0.2, 0) is 0 Å². The van der Waals surface area contributed by atoms with E-state index in [9.17, 15) is 0 Å². The minimum absolute atomic E-state index is 0.520. The van der Waals surface area contributed by atoms with Crippen LogP contribution >= 0.6 is 0 Å². The maximum atomic E-state index is 3.29. The molecule has 0 radical (unpaired) electrons. The lowest BCUT2D eigenvalue weighted by atomic mass is 9.64. The van der Waals surface area contributed by atoms with E-state index in [1.165, 1.54) is 25.7 Å². The highest BCUT2D eigenvalue weighted by Gasteiger charge is 2.34. The fourth-order valence-corrected chi connectivity index (χ4v) is 3.24. The number of rotatable bonds is 4. The zero-order chi connectivity index (χ0) is 11.5. The van der Waals surface area contributed by atoms with Gasteiger partial charge < -0.3 is 5.32 Å². The lowest BCUT2D eigenvalue weighted by molar-refractivity contribution is 0.0934. The Morgan fingerprint density at radius 1 is 1.07 bits per heavy atom. The van der Waals surface area contributed by atoms with E-state index in [0.29, 0.717) is 5.41 Å². The maximum Gasteiger partial charge on any atom is -0.00467 e. The lowest BCUT2D eigenvalue weighted by Gasteiger charge is -2.41. The number of nitrogens with one attached hydrogen (secondary N) is 1. The molecule has 1 fully saturated rings. The second-order valence-corrected chi connectivity index (χ2v) is 6.46. The molecule has 0 bridgehead atoms. The van der Waals surface area contributed by atoms with E-state index < -0.39 is 0 Å².